The number of hydrogen-bond acceptors (Lipinski definition) is 2. The molecule has 2 atom stereocenters. The fourth-order valence-electron chi connectivity index (χ4n) is 2.91. The van der Waals surface area contributed by atoms with Crippen molar-refractivity contribution in [2.75, 3.05) is 5.32 Å². The lowest BCUT2D eigenvalue weighted by molar-refractivity contribution is 0.327. The molecule has 0 spiro atoms. The molecule has 0 amide bonds. The fraction of sp³-hybridized carbons (Fsp3) is 0.562. The third kappa shape index (κ3) is 3.04. The first-order valence-electron chi connectivity index (χ1n) is 7.00. The number of hydrogen-bond donors (Lipinski definition) is 1. The topological polar surface area (TPSA) is 35.8 Å². The van der Waals surface area contributed by atoms with Crippen LogP contribution in [0, 0.1) is 24.2 Å². The second-order valence-electron chi connectivity index (χ2n) is 5.42. The van der Waals surface area contributed by atoms with Crippen molar-refractivity contribution in [3.8, 4) is 6.07 Å². The van der Waals surface area contributed by atoms with Crippen molar-refractivity contribution in [1.29, 1.82) is 5.26 Å². The number of aryl methyl sites for hydroxylation is 1. The number of rotatable bonds is 3. The number of benzene rings is 1. The van der Waals surface area contributed by atoms with Gasteiger partial charge < -0.3 is 5.32 Å². The van der Waals surface area contributed by atoms with Gasteiger partial charge in [-0.25, -0.2) is 0 Å². The van der Waals surface area contributed by atoms with Crippen LogP contribution in [0.3, 0.4) is 0 Å². The molecule has 1 fully saturated rings. The monoisotopic (exact) mass is 242 g/mol. The Hall–Kier alpha value is -1.49. The lowest BCUT2D eigenvalue weighted by atomic mass is 9.84. The predicted molar refractivity (Wildman–Crippen MR) is 75.6 cm³/mol. The van der Waals surface area contributed by atoms with Gasteiger partial charge in [0.1, 0.15) is 0 Å². The molecule has 2 heteroatoms. The molecule has 1 saturated carbocycles. The lowest BCUT2D eigenvalue weighted by Gasteiger charge is -2.30. The summed E-state index contributed by atoms with van der Waals surface area (Å²) in [6.45, 7) is 4.29. The molecular weight excluding hydrogens is 220 g/mol. The van der Waals surface area contributed by atoms with Crippen LogP contribution >= 0.6 is 0 Å². The van der Waals surface area contributed by atoms with Crippen LogP contribution in [0.2, 0.25) is 0 Å². The standard InChI is InChI=1S/C16H22N2/c1-3-13-5-4-6-15(10-13)18-16-8-7-14(11-17)12(2)9-16/h7-9,13,15,18H,3-6,10H2,1-2H3. The largest absolute Gasteiger partial charge is 0.382 e. The van der Waals surface area contributed by atoms with Gasteiger partial charge in [-0.2, -0.15) is 5.26 Å². The smallest absolute Gasteiger partial charge is 0.0994 e. The van der Waals surface area contributed by atoms with Gasteiger partial charge in [0.2, 0.25) is 0 Å². The van der Waals surface area contributed by atoms with Crippen LogP contribution in [0.25, 0.3) is 0 Å². The van der Waals surface area contributed by atoms with E-state index >= 15 is 0 Å². The molecule has 0 saturated heterocycles. The summed E-state index contributed by atoms with van der Waals surface area (Å²) in [7, 11) is 0. The van der Waals surface area contributed by atoms with Gasteiger partial charge in [0.15, 0.2) is 0 Å². The number of nitriles is 1. The Kier molecular flexibility index (Phi) is 4.25. The minimum atomic E-state index is 0.607. The highest BCUT2D eigenvalue weighted by atomic mass is 14.9. The third-order valence-corrected chi connectivity index (χ3v) is 4.08. The Bertz CT molecular complexity index is 445. The maximum atomic E-state index is 8.93. The summed E-state index contributed by atoms with van der Waals surface area (Å²) >= 11 is 0. The van der Waals surface area contributed by atoms with E-state index in [1.165, 1.54) is 32.1 Å². The molecule has 0 aliphatic heterocycles. The summed E-state index contributed by atoms with van der Waals surface area (Å²) in [5.74, 6) is 0.885. The van der Waals surface area contributed by atoms with Crippen LogP contribution in [0.1, 0.15) is 50.2 Å². The Labute approximate surface area is 110 Å². The Balaban J connectivity index is 2.01. The number of nitrogens with one attached hydrogen (secondary N) is 1. The Morgan fingerprint density at radius 2 is 2.22 bits per heavy atom. The van der Waals surface area contributed by atoms with E-state index in [-0.39, 0.29) is 0 Å². The normalized spacial score (nSPS) is 23.4. The van der Waals surface area contributed by atoms with E-state index in [1.54, 1.807) is 0 Å². The highest BCUT2D eigenvalue weighted by Crippen LogP contribution is 2.29. The number of nitrogens with zero attached hydrogens (tertiary/aromatic N) is 1. The van der Waals surface area contributed by atoms with Crippen LogP contribution in [-0.2, 0) is 0 Å². The van der Waals surface area contributed by atoms with Crippen molar-refractivity contribution in [1.82, 2.24) is 0 Å². The van der Waals surface area contributed by atoms with Gasteiger partial charge in [0.05, 0.1) is 11.6 Å². The molecule has 0 radical (unpaired) electrons. The lowest BCUT2D eigenvalue weighted by Crippen LogP contribution is -2.27. The Morgan fingerprint density at radius 3 is 2.89 bits per heavy atom. The second-order valence-corrected chi connectivity index (χ2v) is 5.42. The van der Waals surface area contributed by atoms with E-state index in [1.807, 2.05) is 19.1 Å². The van der Waals surface area contributed by atoms with Crippen LogP contribution in [-0.4, -0.2) is 6.04 Å². The molecule has 1 N–H and O–H groups in total. The highest BCUT2D eigenvalue weighted by Gasteiger charge is 2.20. The maximum absolute atomic E-state index is 8.93. The van der Waals surface area contributed by atoms with Crippen LogP contribution < -0.4 is 5.32 Å². The SMILES string of the molecule is CCC1CCCC(Nc2ccc(C#N)c(C)c2)C1. The van der Waals surface area contributed by atoms with Crippen molar-refractivity contribution in [2.24, 2.45) is 5.92 Å². The molecule has 96 valence electrons. The highest BCUT2D eigenvalue weighted by molar-refractivity contribution is 5.52. The molecular formula is C16H22N2. The van der Waals surface area contributed by atoms with E-state index in [0.717, 1.165) is 22.7 Å². The summed E-state index contributed by atoms with van der Waals surface area (Å²) in [5.41, 5.74) is 2.99. The van der Waals surface area contributed by atoms with Crippen LogP contribution in [0.4, 0.5) is 5.69 Å². The molecule has 1 aliphatic rings. The van der Waals surface area contributed by atoms with E-state index in [2.05, 4.69) is 24.4 Å². The molecule has 18 heavy (non-hydrogen) atoms. The van der Waals surface area contributed by atoms with Gasteiger partial charge in [-0.1, -0.05) is 26.2 Å². The molecule has 1 aromatic carbocycles. The van der Waals surface area contributed by atoms with Crippen molar-refractivity contribution >= 4 is 5.69 Å². The van der Waals surface area contributed by atoms with Crippen molar-refractivity contribution in [2.45, 2.75) is 52.0 Å². The van der Waals surface area contributed by atoms with Gasteiger partial charge >= 0.3 is 0 Å². The summed E-state index contributed by atoms with van der Waals surface area (Å²) in [5, 5.41) is 12.6. The van der Waals surface area contributed by atoms with E-state index in [4.69, 9.17) is 5.26 Å². The summed E-state index contributed by atoms with van der Waals surface area (Å²) in [4.78, 5) is 0. The van der Waals surface area contributed by atoms with E-state index in [0.29, 0.717) is 6.04 Å². The third-order valence-electron chi connectivity index (χ3n) is 4.08. The zero-order valence-electron chi connectivity index (χ0n) is 11.4. The van der Waals surface area contributed by atoms with E-state index in [9.17, 15) is 0 Å². The van der Waals surface area contributed by atoms with Gasteiger partial charge in [0, 0.05) is 11.7 Å². The Morgan fingerprint density at radius 1 is 1.39 bits per heavy atom. The molecule has 1 aromatic rings. The quantitative estimate of drug-likeness (QED) is 0.860. The fourth-order valence-corrected chi connectivity index (χ4v) is 2.91. The number of anilines is 1. The van der Waals surface area contributed by atoms with Crippen LogP contribution in [0.15, 0.2) is 18.2 Å². The summed E-state index contributed by atoms with van der Waals surface area (Å²) < 4.78 is 0. The van der Waals surface area contributed by atoms with Gasteiger partial charge in [-0.3, -0.25) is 0 Å². The molecule has 0 bridgehead atoms. The average molecular weight is 242 g/mol. The predicted octanol–water partition coefficient (Wildman–Crippen LogP) is 4.25. The summed E-state index contributed by atoms with van der Waals surface area (Å²) in [6, 6.07) is 8.86. The zero-order chi connectivity index (χ0) is 13.0. The van der Waals surface area contributed by atoms with Crippen molar-refractivity contribution < 1.29 is 0 Å². The molecule has 0 aromatic heterocycles. The summed E-state index contributed by atoms with van der Waals surface area (Å²) in [6.07, 6.45) is 6.59. The van der Waals surface area contributed by atoms with Crippen LogP contribution in [0.5, 0.6) is 0 Å². The second kappa shape index (κ2) is 5.91. The van der Waals surface area contributed by atoms with Gasteiger partial charge in [-0.05, 0) is 49.4 Å². The molecule has 0 heterocycles. The van der Waals surface area contributed by atoms with E-state index < -0.39 is 0 Å². The zero-order valence-corrected chi connectivity index (χ0v) is 11.4. The minimum Gasteiger partial charge on any atom is -0.382 e. The molecule has 2 rings (SSSR count). The first-order chi connectivity index (χ1) is 8.72. The minimum absolute atomic E-state index is 0.607. The molecule has 2 unspecified atom stereocenters. The van der Waals surface area contributed by atoms with Gasteiger partial charge in [0.25, 0.3) is 0 Å². The van der Waals surface area contributed by atoms with Gasteiger partial charge in [-0.15, -0.1) is 0 Å². The first-order valence-corrected chi connectivity index (χ1v) is 7.00. The maximum Gasteiger partial charge on any atom is 0.0994 e. The average Bonchev–Trinajstić information content (AvgIpc) is 2.39. The van der Waals surface area contributed by atoms with Crippen molar-refractivity contribution in [3.63, 3.8) is 0 Å². The molecule has 2 nitrogen and oxygen atoms in total. The van der Waals surface area contributed by atoms with Crippen molar-refractivity contribution in [3.05, 3.63) is 29.3 Å². The molecule has 1 aliphatic carbocycles. The first kappa shape index (κ1) is 13.0.